The zero-order chi connectivity index (χ0) is 12.8. The zero-order valence-electron chi connectivity index (χ0n) is 9.60. The lowest BCUT2D eigenvalue weighted by Crippen LogP contribution is -2.36. The molecule has 0 radical (unpaired) electrons. The molecule has 0 saturated carbocycles. The summed E-state index contributed by atoms with van der Waals surface area (Å²) in [7, 11) is 0. The Morgan fingerprint density at radius 1 is 1.00 bits per heavy atom. The van der Waals surface area contributed by atoms with Crippen LogP contribution < -0.4 is 16.6 Å². The number of hydrogen-bond donors (Lipinski definition) is 3. The molecule has 2 rings (SSSR count). The van der Waals surface area contributed by atoms with Crippen molar-refractivity contribution < 1.29 is 4.39 Å². The SMILES string of the molecule is NNC(=Nc1ccccc1F)Nc1ccccc1. The van der Waals surface area contributed by atoms with Gasteiger partial charge in [0.25, 0.3) is 0 Å². The minimum Gasteiger partial charge on any atom is -0.325 e. The van der Waals surface area contributed by atoms with Gasteiger partial charge in [0.15, 0.2) is 0 Å². The van der Waals surface area contributed by atoms with Crippen molar-refractivity contribution in [3.05, 3.63) is 60.4 Å². The highest BCUT2D eigenvalue weighted by molar-refractivity contribution is 5.94. The highest BCUT2D eigenvalue weighted by atomic mass is 19.1. The number of nitrogens with two attached hydrogens (primary N) is 1. The van der Waals surface area contributed by atoms with Gasteiger partial charge in [-0.25, -0.2) is 15.2 Å². The molecule has 5 heteroatoms. The molecule has 0 aliphatic rings. The number of guanidine groups is 1. The van der Waals surface area contributed by atoms with Gasteiger partial charge in [-0.1, -0.05) is 30.3 Å². The molecule has 18 heavy (non-hydrogen) atoms. The van der Waals surface area contributed by atoms with Crippen molar-refractivity contribution in [2.45, 2.75) is 0 Å². The minimum atomic E-state index is -0.403. The number of anilines is 1. The van der Waals surface area contributed by atoms with Crippen molar-refractivity contribution in [3.63, 3.8) is 0 Å². The van der Waals surface area contributed by atoms with Gasteiger partial charge in [0.05, 0.1) is 0 Å². The summed E-state index contributed by atoms with van der Waals surface area (Å²) in [6.07, 6.45) is 0. The third-order valence-electron chi connectivity index (χ3n) is 2.26. The van der Waals surface area contributed by atoms with Gasteiger partial charge in [-0.2, -0.15) is 0 Å². The quantitative estimate of drug-likeness (QED) is 0.329. The molecule has 0 amide bonds. The van der Waals surface area contributed by atoms with Gasteiger partial charge in [-0.3, -0.25) is 5.43 Å². The van der Waals surface area contributed by atoms with E-state index in [-0.39, 0.29) is 11.6 Å². The zero-order valence-corrected chi connectivity index (χ0v) is 9.60. The topological polar surface area (TPSA) is 62.4 Å². The number of hydrogen-bond acceptors (Lipinski definition) is 2. The Bertz CT molecular complexity index is 540. The Morgan fingerprint density at radius 2 is 1.67 bits per heavy atom. The van der Waals surface area contributed by atoms with E-state index in [1.54, 1.807) is 18.2 Å². The first-order valence-corrected chi connectivity index (χ1v) is 5.41. The van der Waals surface area contributed by atoms with Crippen LogP contribution in [0.4, 0.5) is 15.8 Å². The number of para-hydroxylation sites is 2. The van der Waals surface area contributed by atoms with Crippen LogP contribution in [0, 0.1) is 5.82 Å². The maximum Gasteiger partial charge on any atom is 0.215 e. The molecule has 0 aliphatic heterocycles. The van der Waals surface area contributed by atoms with Crippen molar-refractivity contribution in [1.82, 2.24) is 5.43 Å². The number of halogens is 1. The van der Waals surface area contributed by atoms with Gasteiger partial charge in [-0.15, -0.1) is 0 Å². The first-order valence-electron chi connectivity index (χ1n) is 5.41. The number of hydrazine groups is 1. The largest absolute Gasteiger partial charge is 0.325 e. The van der Waals surface area contributed by atoms with Gasteiger partial charge < -0.3 is 5.32 Å². The average molecular weight is 244 g/mol. The maximum absolute atomic E-state index is 13.4. The van der Waals surface area contributed by atoms with Crippen molar-refractivity contribution in [3.8, 4) is 0 Å². The molecule has 0 aromatic heterocycles. The van der Waals surface area contributed by atoms with Crippen LogP contribution >= 0.6 is 0 Å². The minimum absolute atomic E-state index is 0.217. The van der Waals surface area contributed by atoms with E-state index in [9.17, 15) is 4.39 Å². The van der Waals surface area contributed by atoms with E-state index in [0.717, 1.165) is 5.69 Å². The van der Waals surface area contributed by atoms with Crippen LogP contribution in [-0.4, -0.2) is 5.96 Å². The predicted molar refractivity (Wildman–Crippen MR) is 70.9 cm³/mol. The van der Waals surface area contributed by atoms with E-state index in [0.29, 0.717) is 0 Å². The second-order valence-corrected chi connectivity index (χ2v) is 3.55. The summed E-state index contributed by atoms with van der Waals surface area (Å²) in [4.78, 5) is 4.07. The van der Waals surface area contributed by atoms with Gasteiger partial charge in [-0.05, 0) is 24.3 Å². The molecule has 2 aromatic carbocycles. The van der Waals surface area contributed by atoms with Gasteiger partial charge in [0.1, 0.15) is 11.5 Å². The summed E-state index contributed by atoms with van der Waals surface area (Å²) in [6, 6.07) is 15.6. The van der Waals surface area contributed by atoms with Crippen LogP contribution in [-0.2, 0) is 0 Å². The number of benzene rings is 2. The Balaban J connectivity index is 2.21. The molecule has 0 unspecified atom stereocenters. The van der Waals surface area contributed by atoms with Crippen LogP contribution in [0.1, 0.15) is 0 Å². The van der Waals surface area contributed by atoms with E-state index in [2.05, 4.69) is 15.7 Å². The van der Waals surface area contributed by atoms with Crippen LogP contribution in [0.5, 0.6) is 0 Å². The molecule has 92 valence electrons. The standard InChI is InChI=1S/C13H13FN4/c14-11-8-4-5-9-12(11)17-13(18-15)16-10-6-2-1-3-7-10/h1-9H,15H2,(H2,16,17,18). The maximum atomic E-state index is 13.4. The van der Waals surface area contributed by atoms with Crippen molar-refractivity contribution >= 4 is 17.3 Å². The first kappa shape index (κ1) is 12.1. The Kier molecular flexibility index (Phi) is 3.88. The number of nitrogens with one attached hydrogen (secondary N) is 2. The molecule has 0 aliphatic carbocycles. The molecule has 4 N–H and O–H groups in total. The summed E-state index contributed by atoms with van der Waals surface area (Å²) in [5.41, 5.74) is 3.43. The molecule has 0 saturated heterocycles. The summed E-state index contributed by atoms with van der Waals surface area (Å²) in [5.74, 6) is 5.22. The van der Waals surface area contributed by atoms with Crippen LogP contribution in [0.25, 0.3) is 0 Å². The van der Waals surface area contributed by atoms with E-state index >= 15 is 0 Å². The molecule has 4 nitrogen and oxygen atoms in total. The van der Waals surface area contributed by atoms with E-state index in [1.165, 1.54) is 6.07 Å². The lowest BCUT2D eigenvalue weighted by molar-refractivity contribution is 0.630. The molecule has 0 heterocycles. The summed E-state index contributed by atoms with van der Waals surface area (Å²) < 4.78 is 13.4. The molecule has 0 fully saturated rings. The fourth-order valence-electron chi connectivity index (χ4n) is 1.42. The number of nitrogens with zero attached hydrogens (tertiary/aromatic N) is 1. The molecular formula is C13H13FN4. The Hall–Kier alpha value is -2.40. The number of aliphatic imine (C=N–C) groups is 1. The summed E-state index contributed by atoms with van der Waals surface area (Å²) >= 11 is 0. The van der Waals surface area contributed by atoms with E-state index in [4.69, 9.17) is 5.84 Å². The molecule has 0 spiro atoms. The lowest BCUT2D eigenvalue weighted by atomic mass is 10.3. The monoisotopic (exact) mass is 244 g/mol. The van der Waals surface area contributed by atoms with Gasteiger partial charge in [0, 0.05) is 5.69 Å². The summed E-state index contributed by atoms with van der Waals surface area (Å²) in [5, 5.41) is 2.95. The van der Waals surface area contributed by atoms with Crippen molar-refractivity contribution in [2.24, 2.45) is 10.8 Å². The van der Waals surface area contributed by atoms with Gasteiger partial charge in [0.2, 0.25) is 5.96 Å². The Labute approximate surface area is 104 Å². The summed E-state index contributed by atoms with van der Waals surface area (Å²) in [6.45, 7) is 0. The molecule has 0 bridgehead atoms. The van der Waals surface area contributed by atoms with Crippen molar-refractivity contribution in [1.29, 1.82) is 0 Å². The smallest absolute Gasteiger partial charge is 0.215 e. The second-order valence-electron chi connectivity index (χ2n) is 3.55. The van der Waals surface area contributed by atoms with Crippen LogP contribution in [0.3, 0.4) is 0 Å². The van der Waals surface area contributed by atoms with E-state index in [1.807, 2.05) is 30.3 Å². The van der Waals surface area contributed by atoms with E-state index < -0.39 is 5.82 Å². The highest BCUT2D eigenvalue weighted by Gasteiger charge is 2.02. The number of rotatable bonds is 2. The van der Waals surface area contributed by atoms with Gasteiger partial charge >= 0.3 is 0 Å². The molecule has 2 aromatic rings. The highest BCUT2D eigenvalue weighted by Crippen LogP contribution is 2.16. The fraction of sp³-hybridized carbons (Fsp3) is 0. The van der Waals surface area contributed by atoms with Crippen molar-refractivity contribution in [2.75, 3.05) is 5.32 Å². The lowest BCUT2D eigenvalue weighted by Gasteiger charge is -2.08. The average Bonchev–Trinajstić information content (AvgIpc) is 2.41. The normalized spacial score (nSPS) is 11.1. The second kappa shape index (κ2) is 5.79. The molecular weight excluding hydrogens is 231 g/mol. The first-order chi connectivity index (χ1) is 8.79. The van der Waals surface area contributed by atoms with Crippen LogP contribution in [0.2, 0.25) is 0 Å². The predicted octanol–water partition coefficient (Wildman–Crippen LogP) is 2.39. The Morgan fingerprint density at radius 3 is 2.33 bits per heavy atom. The third-order valence-corrected chi connectivity index (χ3v) is 2.26. The third kappa shape index (κ3) is 3.05. The van der Waals surface area contributed by atoms with Crippen LogP contribution in [0.15, 0.2) is 59.6 Å². The fourth-order valence-corrected chi connectivity index (χ4v) is 1.42. The molecule has 0 atom stereocenters.